The van der Waals surface area contributed by atoms with Crippen LogP contribution in [-0.4, -0.2) is 34.4 Å². The Morgan fingerprint density at radius 3 is 1.74 bits per heavy atom. The third-order valence-corrected chi connectivity index (χ3v) is 6.34. The van der Waals surface area contributed by atoms with Crippen LogP contribution in [0, 0.1) is 0 Å². The van der Waals surface area contributed by atoms with Gasteiger partial charge in [0.15, 0.2) is 0 Å². The van der Waals surface area contributed by atoms with Crippen molar-refractivity contribution in [2.24, 2.45) is 0 Å². The van der Waals surface area contributed by atoms with Crippen molar-refractivity contribution in [2.45, 2.75) is 4.90 Å². The van der Waals surface area contributed by atoms with Crippen molar-refractivity contribution in [3.8, 4) is 5.75 Å². The number of para-hydroxylation sites is 1. The number of carbonyl (C=O) groups excluding carboxylic acids is 2. The van der Waals surface area contributed by atoms with Gasteiger partial charge in [-0.3, -0.25) is 24.7 Å². The first-order valence-corrected chi connectivity index (χ1v) is 10.7. The summed E-state index contributed by atoms with van der Waals surface area (Å²) >= 11 is 0. The van der Waals surface area contributed by atoms with E-state index in [-0.39, 0.29) is 10.5 Å². The van der Waals surface area contributed by atoms with E-state index in [4.69, 9.17) is 4.74 Å². The Morgan fingerprint density at radius 2 is 1.26 bits per heavy atom. The molecule has 0 atom stereocenters. The van der Waals surface area contributed by atoms with Gasteiger partial charge in [0.2, 0.25) is 0 Å². The number of ether oxygens (including phenoxy) is 1. The molecule has 3 rings (SSSR count). The van der Waals surface area contributed by atoms with Gasteiger partial charge in [-0.15, -0.1) is 0 Å². The van der Waals surface area contributed by atoms with Crippen molar-refractivity contribution >= 4 is 27.5 Å². The maximum Gasteiger partial charge on any atom is 0.269 e. The van der Waals surface area contributed by atoms with Crippen LogP contribution in [0.25, 0.3) is 0 Å². The van der Waals surface area contributed by atoms with Crippen LogP contribution in [0.1, 0.15) is 20.7 Å². The standard InChI is InChI=1S/C22H21N3O5S/c1-25(18-6-4-3-5-7-18)31(28,29)20-14-10-17(11-15-20)22(27)24-23-21(26)16-8-12-19(30-2)13-9-16/h3-15H,1-2H3,(H,23,26)(H,24,27). The zero-order valence-corrected chi connectivity index (χ0v) is 17.7. The Morgan fingerprint density at radius 1 is 0.774 bits per heavy atom. The molecule has 9 heteroatoms. The number of hydrogen-bond acceptors (Lipinski definition) is 5. The fraction of sp³-hybridized carbons (Fsp3) is 0.0909. The molecule has 0 aliphatic heterocycles. The van der Waals surface area contributed by atoms with E-state index < -0.39 is 21.8 Å². The molecular formula is C22H21N3O5S. The van der Waals surface area contributed by atoms with Crippen LogP contribution < -0.4 is 19.9 Å². The molecule has 0 aliphatic rings. The fourth-order valence-corrected chi connectivity index (χ4v) is 3.91. The zero-order chi connectivity index (χ0) is 22.4. The largest absolute Gasteiger partial charge is 0.497 e. The molecule has 0 fully saturated rings. The molecule has 0 saturated carbocycles. The van der Waals surface area contributed by atoms with Crippen molar-refractivity contribution in [3.63, 3.8) is 0 Å². The number of nitrogens with zero attached hydrogens (tertiary/aromatic N) is 1. The predicted octanol–water partition coefficient (Wildman–Crippen LogP) is 2.60. The zero-order valence-electron chi connectivity index (χ0n) is 16.9. The summed E-state index contributed by atoms with van der Waals surface area (Å²) in [5.41, 5.74) is 5.67. The average molecular weight is 439 g/mol. The molecule has 2 amide bonds. The van der Waals surface area contributed by atoms with Crippen LogP contribution in [-0.2, 0) is 10.0 Å². The molecule has 0 aliphatic carbocycles. The van der Waals surface area contributed by atoms with E-state index in [0.717, 1.165) is 4.31 Å². The number of sulfonamides is 1. The van der Waals surface area contributed by atoms with Gasteiger partial charge in [-0.1, -0.05) is 18.2 Å². The second kappa shape index (κ2) is 9.31. The number of methoxy groups -OCH3 is 1. The smallest absolute Gasteiger partial charge is 0.269 e. The van der Waals surface area contributed by atoms with Gasteiger partial charge in [-0.2, -0.15) is 0 Å². The molecule has 3 aromatic carbocycles. The molecule has 31 heavy (non-hydrogen) atoms. The summed E-state index contributed by atoms with van der Waals surface area (Å²) in [5.74, 6) is -0.476. The Hall–Kier alpha value is -3.85. The summed E-state index contributed by atoms with van der Waals surface area (Å²) in [4.78, 5) is 24.5. The monoisotopic (exact) mass is 439 g/mol. The second-order valence-electron chi connectivity index (χ2n) is 6.47. The average Bonchev–Trinajstić information content (AvgIpc) is 2.82. The van der Waals surface area contributed by atoms with Gasteiger partial charge >= 0.3 is 0 Å². The lowest BCUT2D eigenvalue weighted by Crippen LogP contribution is -2.41. The lowest BCUT2D eigenvalue weighted by Gasteiger charge is -2.19. The van der Waals surface area contributed by atoms with Gasteiger partial charge in [0.05, 0.1) is 17.7 Å². The highest BCUT2D eigenvalue weighted by atomic mass is 32.2. The van der Waals surface area contributed by atoms with Gasteiger partial charge in [0, 0.05) is 18.2 Å². The van der Waals surface area contributed by atoms with E-state index in [0.29, 0.717) is 17.0 Å². The molecule has 0 heterocycles. The number of amides is 2. The molecule has 0 radical (unpaired) electrons. The number of anilines is 1. The van der Waals surface area contributed by atoms with Crippen molar-refractivity contribution in [3.05, 3.63) is 90.0 Å². The first-order chi connectivity index (χ1) is 14.8. The molecule has 0 aromatic heterocycles. The number of hydrazine groups is 1. The van der Waals surface area contributed by atoms with Gasteiger partial charge in [-0.25, -0.2) is 8.42 Å². The van der Waals surface area contributed by atoms with Crippen LogP contribution in [0.5, 0.6) is 5.75 Å². The summed E-state index contributed by atoms with van der Waals surface area (Å²) in [6, 6.07) is 20.5. The maximum absolute atomic E-state index is 12.8. The van der Waals surface area contributed by atoms with Crippen LogP contribution >= 0.6 is 0 Å². The van der Waals surface area contributed by atoms with Gasteiger partial charge in [0.1, 0.15) is 5.75 Å². The van der Waals surface area contributed by atoms with Gasteiger partial charge in [0.25, 0.3) is 21.8 Å². The Labute approximate surface area is 180 Å². The lowest BCUT2D eigenvalue weighted by atomic mass is 10.2. The minimum absolute atomic E-state index is 0.0395. The maximum atomic E-state index is 12.8. The van der Waals surface area contributed by atoms with E-state index in [2.05, 4.69) is 10.9 Å². The normalized spacial score (nSPS) is 10.8. The summed E-state index contributed by atoms with van der Waals surface area (Å²) in [5, 5.41) is 0. The molecular weight excluding hydrogens is 418 g/mol. The van der Waals surface area contributed by atoms with E-state index >= 15 is 0 Å². The van der Waals surface area contributed by atoms with Gasteiger partial charge < -0.3 is 4.74 Å². The quantitative estimate of drug-likeness (QED) is 0.575. The molecule has 3 aromatic rings. The minimum Gasteiger partial charge on any atom is -0.497 e. The van der Waals surface area contributed by atoms with Crippen LogP contribution in [0.3, 0.4) is 0 Å². The minimum atomic E-state index is -3.78. The summed E-state index contributed by atoms with van der Waals surface area (Å²) < 4.78 is 31.8. The number of nitrogens with one attached hydrogen (secondary N) is 2. The molecule has 2 N–H and O–H groups in total. The van der Waals surface area contributed by atoms with Crippen molar-refractivity contribution in [1.82, 2.24) is 10.9 Å². The predicted molar refractivity (Wildman–Crippen MR) is 116 cm³/mol. The van der Waals surface area contributed by atoms with Crippen LogP contribution in [0.15, 0.2) is 83.8 Å². The Bertz CT molecular complexity index is 1160. The van der Waals surface area contributed by atoms with Crippen LogP contribution in [0.2, 0.25) is 0 Å². The van der Waals surface area contributed by atoms with E-state index in [1.165, 1.54) is 38.4 Å². The number of benzene rings is 3. The fourth-order valence-electron chi connectivity index (χ4n) is 2.71. The van der Waals surface area contributed by atoms with Crippen molar-refractivity contribution in [1.29, 1.82) is 0 Å². The first kappa shape index (κ1) is 21.8. The molecule has 0 spiro atoms. The topological polar surface area (TPSA) is 105 Å². The molecule has 0 saturated heterocycles. The third-order valence-electron chi connectivity index (χ3n) is 4.54. The first-order valence-electron chi connectivity index (χ1n) is 9.21. The molecule has 160 valence electrons. The third kappa shape index (κ3) is 5.01. The Balaban J connectivity index is 1.65. The second-order valence-corrected chi connectivity index (χ2v) is 8.44. The molecule has 0 bridgehead atoms. The number of rotatable bonds is 6. The molecule has 8 nitrogen and oxygen atoms in total. The van der Waals surface area contributed by atoms with Gasteiger partial charge in [-0.05, 0) is 60.7 Å². The van der Waals surface area contributed by atoms with E-state index in [1.54, 1.807) is 54.6 Å². The van der Waals surface area contributed by atoms with Crippen molar-refractivity contribution < 1.29 is 22.7 Å². The Kier molecular flexibility index (Phi) is 6.56. The van der Waals surface area contributed by atoms with E-state index in [1.807, 2.05) is 0 Å². The van der Waals surface area contributed by atoms with Crippen molar-refractivity contribution in [2.75, 3.05) is 18.5 Å². The number of hydrogen-bond donors (Lipinski definition) is 2. The SMILES string of the molecule is COc1ccc(C(=O)NNC(=O)c2ccc(S(=O)(=O)N(C)c3ccccc3)cc2)cc1. The number of carbonyl (C=O) groups is 2. The summed E-state index contributed by atoms with van der Waals surface area (Å²) in [6.45, 7) is 0. The van der Waals surface area contributed by atoms with Crippen LogP contribution in [0.4, 0.5) is 5.69 Å². The highest BCUT2D eigenvalue weighted by molar-refractivity contribution is 7.92. The molecule has 0 unspecified atom stereocenters. The summed E-state index contributed by atoms with van der Waals surface area (Å²) in [7, 11) is -0.803. The summed E-state index contributed by atoms with van der Waals surface area (Å²) in [6.07, 6.45) is 0. The lowest BCUT2D eigenvalue weighted by molar-refractivity contribution is 0.0846. The van der Waals surface area contributed by atoms with E-state index in [9.17, 15) is 18.0 Å². The highest BCUT2D eigenvalue weighted by Crippen LogP contribution is 2.21. The highest BCUT2D eigenvalue weighted by Gasteiger charge is 2.21.